The second-order valence-corrected chi connectivity index (χ2v) is 15.6. The third-order valence-electron chi connectivity index (χ3n) is 10.7. The van der Waals surface area contributed by atoms with E-state index < -0.39 is 27.6 Å². The summed E-state index contributed by atoms with van der Waals surface area (Å²) in [7, 11) is -3.89. The predicted molar refractivity (Wildman–Crippen MR) is 163 cm³/mol. The van der Waals surface area contributed by atoms with Crippen LogP contribution < -0.4 is 15.8 Å². The number of sulfonamides is 1. The number of carboxylic acid groups (broad SMARTS) is 1. The van der Waals surface area contributed by atoms with Crippen LogP contribution in [0, 0.1) is 29.1 Å². The first kappa shape index (κ1) is 35.0. The molecule has 2 heterocycles. The minimum absolute atomic E-state index is 0.0234. The Labute approximate surface area is 271 Å². The van der Waals surface area contributed by atoms with Gasteiger partial charge in [-0.25, -0.2) is 27.5 Å². The fourth-order valence-electron chi connectivity index (χ4n) is 8.37. The van der Waals surface area contributed by atoms with Gasteiger partial charge in [-0.05, 0) is 86.2 Å². The Hall–Kier alpha value is -3.37. The molecule has 4 bridgehead atoms. The number of carbonyl (C=O) groups is 2. The van der Waals surface area contributed by atoms with E-state index in [1.54, 1.807) is 0 Å². The molecule has 7 N–H and O–H groups in total. The lowest BCUT2D eigenvalue weighted by Gasteiger charge is -2.60. The molecule has 5 fully saturated rings. The summed E-state index contributed by atoms with van der Waals surface area (Å²) < 4.78 is 61.9. The van der Waals surface area contributed by atoms with Crippen LogP contribution in [0.2, 0.25) is 0 Å². The van der Waals surface area contributed by atoms with Gasteiger partial charge in [0.05, 0.1) is 0 Å². The first-order valence-electron chi connectivity index (χ1n) is 15.9. The number of nitrogens with two attached hydrogens (primary N) is 1. The summed E-state index contributed by atoms with van der Waals surface area (Å²) in [6, 6.07) is 5.44. The van der Waals surface area contributed by atoms with Crippen LogP contribution in [0.4, 0.5) is 13.2 Å². The second-order valence-electron chi connectivity index (χ2n) is 13.8. The van der Waals surface area contributed by atoms with E-state index in [1.165, 1.54) is 62.6 Å². The lowest BCUT2D eigenvalue weighted by atomic mass is 9.49. The largest absolute Gasteiger partial charge is 0.494 e. The number of carbonyl (C=O) groups excluding carboxylic acids is 1. The number of nitrogens with one attached hydrogen (secondary N) is 2. The van der Waals surface area contributed by atoms with Gasteiger partial charge >= 0.3 is 12.1 Å². The topological polar surface area (TPSA) is 197 Å². The summed E-state index contributed by atoms with van der Waals surface area (Å²) in [5.74, 6) is -0.420. The number of rotatable bonds is 9. The number of aromatic hydroxyl groups is 2. The number of nitrogens with zero attached hydrogens (tertiary/aromatic N) is 2. The molecule has 0 aliphatic heterocycles. The van der Waals surface area contributed by atoms with Gasteiger partial charge in [0.25, 0.3) is 0 Å². The summed E-state index contributed by atoms with van der Waals surface area (Å²) in [5, 5.41) is 30.1. The van der Waals surface area contributed by atoms with E-state index in [-0.39, 0.29) is 46.9 Å². The SMILES string of the molecule is NC1(CNC(=O)CC2(CNS(=O)(=O)c3ccc(-n4c(O)ccc4O)nc3)CCCCC2)C2CC3CC(C2)CC1C3.O=C(O)C(F)(F)F. The number of amides is 1. The van der Waals surface area contributed by atoms with Gasteiger partial charge in [-0.2, -0.15) is 13.2 Å². The molecular formula is C31H42F3N5O7S. The highest BCUT2D eigenvalue weighted by atomic mass is 32.2. The number of hydrogen-bond donors (Lipinski definition) is 6. The average Bonchev–Trinajstić information content (AvgIpc) is 3.35. The summed E-state index contributed by atoms with van der Waals surface area (Å²) in [6.45, 7) is 0.680. The van der Waals surface area contributed by atoms with Crippen molar-refractivity contribution in [2.45, 2.75) is 87.2 Å². The zero-order valence-electron chi connectivity index (χ0n) is 25.9. The van der Waals surface area contributed by atoms with E-state index in [0.717, 1.165) is 48.5 Å². The molecule has 5 aliphatic rings. The van der Waals surface area contributed by atoms with Crippen LogP contribution in [0.25, 0.3) is 5.82 Å². The summed E-state index contributed by atoms with van der Waals surface area (Å²) >= 11 is 0. The second kappa shape index (κ2) is 13.3. The fourth-order valence-corrected chi connectivity index (χ4v) is 9.47. The average molecular weight is 686 g/mol. The Morgan fingerprint density at radius 1 is 0.936 bits per heavy atom. The lowest BCUT2D eigenvalue weighted by Crippen LogP contribution is -2.67. The van der Waals surface area contributed by atoms with Gasteiger partial charge in [-0.3, -0.25) is 4.79 Å². The van der Waals surface area contributed by atoms with Gasteiger partial charge < -0.3 is 26.4 Å². The van der Waals surface area contributed by atoms with Crippen molar-refractivity contribution in [2.75, 3.05) is 13.1 Å². The minimum atomic E-state index is -5.08. The number of aliphatic carboxylic acids is 1. The quantitative estimate of drug-likeness (QED) is 0.227. The van der Waals surface area contributed by atoms with Crippen molar-refractivity contribution in [3.05, 3.63) is 30.5 Å². The highest BCUT2D eigenvalue weighted by Crippen LogP contribution is 2.57. The van der Waals surface area contributed by atoms with Crippen molar-refractivity contribution in [3.8, 4) is 17.6 Å². The third kappa shape index (κ3) is 7.70. The maximum absolute atomic E-state index is 13.3. The van der Waals surface area contributed by atoms with E-state index in [2.05, 4.69) is 15.0 Å². The molecule has 2 aromatic heterocycles. The Balaban J connectivity index is 0.000000559. The first-order valence-corrected chi connectivity index (χ1v) is 17.4. The van der Waals surface area contributed by atoms with Crippen molar-refractivity contribution in [3.63, 3.8) is 0 Å². The minimum Gasteiger partial charge on any atom is -0.494 e. The standard InChI is InChI=1S/C29H41N5O5S.C2HF3O2/c30-29(21-11-19-10-20(13-21)14-22(29)12-19)18-32-25(35)15-28(8-2-1-3-9-28)17-33-40(38,39)23-4-5-24(31-16-23)34-26(36)6-7-27(34)37;3-2(4,5)1(6)7/h4-7,16,19-22,33,36-37H,1-3,8-15,17-18,30H2,(H,32,35);(H,6,7). The van der Waals surface area contributed by atoms with Gasteiger partial charge in [0.2, 0.25) is 15.9 Å². The van der Waals surface area contributed by atoms with E-state index >= 15 is 0 Å². The summed E-state index contributed by atoms with van der Waals surface area (Å²) in [4.78, 5) is 26.3. The van der Waals surface area contributed by atoms with Crippen LogP contribution in [0.15, 0.2) is 35.4 Å². The molecule has 5 aliphatic carbocycles. The van der Waals surface area contributed by atoms with Crippen LogP contribution in [0.3, 0.4) is 0 Å². The number of pyridine rings is 1. The van der Waals surface area contributed by atoms with Crippen molar-refractivity contribution >= 4 is 21.9 Å². The van der Waals surface area contributed by atoms with Crippen molar-refractivity contribution < 1.29 is 46.5 Å². The molecule has 5 saturated carbocycles. The number of halogens is 3. The summed E-state index contributed by atoms with van der Waals surface area (Å²) in [5.41, 5.74) is 6.23. The van der Waals surface area contributed by atoms with Gasteiger partial charge in [-0.1, -0.05) is 19.3 Å². The maximum Gasteiger partial charge on any atom is 0.490 e. The number of hydrogen-bond acceptors (Lipinski definition) is 8. The molecule has 7 rings (SSSR count). The van der Waals surface area contributed by atoms with Gasteiger partial charge in [-0.15, -0.1) is 0 Å². The normalized spacial score (nSPS) is 27.9. The monoisotopic (exact) mass is 685 g/mol. The van der Waals surface area contributed by atoms with Crippen molar-refractivity contribution in [1.82, 2.24) is 19.6 Å². The van der Waals surface area contributed by atoms with Crippen LogP contribution in [0.5, 0.6) is 11.8 Å². The van der Waals surface area contributed by atoms with E-state index in [4.69, 9.17) is 15.6 Å². The zero-order valence-corrected chi connectivity index (χ0v) is 26.7. The molecule has 16 heteroatoms. The smallest absolute Gasteiger partial charge is 0.490 e. The Morgan fingerprint density at radius 2 is 1.49 bits per heavy atom. The molecule has 0 saturated heterocycles. The molecule has 2 aromatic rings. The fraction of sp³-hybridized carbons (Fsp3) is 0.645. The Kier molecular flexibility index (Phi) is 9.86. The first-order chi connectivity index (χ1) is 22.0. The highest BCUT2D eigenvalue weighted by molar-refractivity contribution is 7.89. The molecule has 1 amide bonds. The molecule has 0 aromatic carbocycles. The molecule has 12 nitrogen and oxygen atoms in total. The van der Waals surface area contributed by atoms with E-state index in [0.29, 0.717) is 18.4 Å². The van der Waals surface area contributed by atoms with Crippen LogP contribution >= 0.6 is 0 Å². The van der Waals surface area contributed by atoms with Crippen molar-refractivity contribution in [2.24, 2.45) is 34.8 Å². The molecule has 260 valence electrons. The van der Waals surface area contributed by atoms with E-state index in [9.17, 15) is 36.6 Å². The van der Waals surface area contributed by atoms with Gasteiger partial charge in [0.1, 0.15) is 10.7 Å². The van der Waals surface area contributed by atoms with Crippen molar-refractivity contribution in [1.29, 1.82) is 0 Å². The number of aromatic nitrogens is 2. The molecule has 0 spiro atoms. The van der Waals surface area contributed by atoms with E-state index in [1.807, 2.05) is 0 Å². The predicted octanol–water partition coefficient (Wildman–Crippen LogP) is 3.81. The molecule has 0 unspecified atom stereocenters. The Morgan fingerprint density at radius 3 is 1.98 bits per heavy atom. The lowest BCUT2D eigenvalue weighted by molar-refractivity contribution is -0.192. The summed E-state index contributed by atoms with van der Waals surface area (Å²) in [6.07, 6.45) is 7.08. The molecule has 0 radical (unpaired) electrons. The number of carboxylic acids is 1. The molecule has 47 heavy (non-hydrogen) atoms. The van der Waals surface area contributed by atoms with Crippen LogP contribution in [-0.2, 0) is 19.6 Å². The molecule has 0 atom stereocenters. The number of alkyl halides is 3. The maximum atomic E-state index is 13.3. The Bertz CT molecular complexity index is 1510. The van der Waals surface area contributed by atoms with Gasteiger partial charge in [0.15, 0.2) is 11.8 Å². The van der Waals surface area contributed by atoms with Crippen LogP contribution in [-0.4, -0.2) is 70.0 Å². The highest BCUT2D eigenvalue weighted by Gasteiger charge is 2.55. The van der Waals surface area contributed by atoms with Gasteiger partial charge in [0, 0.05) is 43.4 Å². The third-order valence-corrected chi connectivity index (χ3v) is 12.1. The zero-order chi connectivity index (χ0) is 34.2. The van der Waals surface area contributed by atoms with Crippen LogP contribution in [0.1, 0.15) is 70.6 Å². The molecular weight excluding hydrogens is 643 g/mol.